The molecule has 61 heavy (non-hydrogen) atoms. The number of rotatable bonds is 14. The molecule has 2 radical (unpaired) electrons. The van der Waals surface area contributed by atoms with E-state index in [1.807, 2.05) is 0 Å². The van der Waals surface area contributed by atoms with Gasteiger partial charge in [0.2, 0.25) is 0 Å². The van der Waals surface area contributed by atoms with E-state index < -0.39 is 0 Å². The minimum absolute atomic E-state index is 0.0349. The van der Waals surface area contributed by atoms with E-state index in [1.165, 1.54) is 91.7 Å². The Kier molecular flexibility index (Phi) is 14.2. The van der Waals surface area contributed by atoms with Gasteiger partial charge in [-0.25, -0.2) is 0 Å². The molecule has 326 valence electrons. The highest BCUT2D eigenvalue weighted by molar-refractivity contribution is 6.36. The van der Waals surface area contributed by atoms with Crippen molar-refractivity contribution in [2.24, 2.45) is 11.8 Å². The van der Waals surface area contributed by atoms with E-state index in [1.54, 1.807) is 22.3 Å². The molecule has 6 rings (SSSR count). The average Bonchev–Trinajstić information content (AvgIpc) is 3.76. The number of hydrogen-bond acceptors (Lipinski definition) is 0. The van der Waals surface area contributed by atoms with Gasteiger partial charge in [-0.15, -0.1) is 0 Å². The maximum atomic E-state index is 2.67. The second kappa shape index (κ2) is 18.4. The van der Waals surface area contributed by atoms with Gasteiger partial charge < -0.3 is 0 Å². The third-order valence-electron chi connectivity index (χ3n) is 14.6. The molecule has 0 amide bonds. The summed E-state index contributed by atoms with van der Waals surface area (Å²) in [4.78, 5) is 0. The van der Waals surface area contributed by atoms with Crippen LogP contribution in [0.2, 0.25) is 12.1 Å². The van der Waals surface area contributed by atoms with Gasteiger partial charge in [0, 0.05) is 21.4 Å². The van der Waals surface area contributed by atoms with Crippen LogP contribution in [0.1, 0.15) is 229 Å². The van der Waals surface area contributed by atoms with Gasteiger partial charge in [0.15, 0.2) is 0 Å². The molecule has 0 nitrogen and oxygen atoms in total. The molecule has 2 aliphatic rings. The van der Waals surface area contributed by atoms with Crippen LogP contribution >= 0.6 is 0 Å². The van der Waals surface area contributed by atoms with Crippen LogP contribution in [0.5, 0.6) is 0 Å². The minimum Gasteiger partial charge on any atom is -0.0648 e. The van der Waals surface area contributed by atoms with Crippen molar-refractivity contribution in [1.29, 1.82) is 0 Å². The molecule has 0 aromatic heterocycles. The Morgan fingerprint density at radius 3 is 1.03 bits per heavy atom. The normalized spacial score (nSPS) is 17.7. The predicted octanol–water partition coefficient (Wildman–Crippen LogP) is 18.4. The molecule has 0 aliphatic heterocycles. The van der Waals surface area contributed by atoms with Crippen molar-refractivity contribution in [3.63, 3.8) is 0 Å². The average molecular weight is 831 g/mol. The summed E-state index contributed by atoms with van der Waals surface area (Å²) >= 11 is 0. The quantitative estimate of drug-likeness (QED) is 0.111. The summed E-state index contributed by atoms with van der Waals surface area (Å²) in [5.74, 6) is 4.00. The number of benzene rings is 4. The highest BCUT2D eigenvalue weighted by Gasteiger charge is 2.36. The maximum absolute atomic E-state index is 2.67. The zero-order valence-corrected chi connectivity index (χ0v) is 42.9. The molecular weight excluding hydrogens is 749 g/mol. The zero-order chi connectivity index (χ0) is 44.9. The first-order valence-corrected chi connectivity index (χ1v) is 25.8. The van der Waals surface area contributed by atoms with E-state index in [4.69, 9.17) is 0 Å². The van der Waals surface area contributed by atoms with E-state index in [-0.39, 0.29) is 10.8 Å². The third-order valence-corrected chi connectivity index (χ3v) is 16.0. The summed E-state index contributed by atoms with van der Waals surface area (Å²) < 4.78 is 0. The van der Waals surface area contributed by atoms with Crippen LogP contribution in [0.4, 0.5) is 0 Å². The van der Waals surface area contributed by atoms with Crippen molar-refractivity contribution < 1.29 is 0 Å². The van der Waals surface area contributed by atoms with Crippen LogP contribution in [0, 0.1) is 11.8 Å². The fourth-order valence-electron chi connectivity index (χ4n) is 10.2. The van der Waals surface area contributed by atoms with Crippen LogP contribution in [-0.2, 0) is 10.8 Å². The van der Waals surface area contributed by atoms with Gasteiger partial charge in [0.1, 0.15) is 0 Å². The monoisotopic (exact) mass is 831 g/mol. The summed E-state index contributed by atoms with van der Waals surface area (Å²) in [6.45, 7) is 43.0. The second-order valence-electron chi connectivity index (χ2n) is 22.5. The summed E-state index contributed by atoms with van der Waals surface area (Å²) in [5.41, 5.74) is 24.1. The van der Waals surface area contributed by atoms with Crippen molar-refractivity contribution in [2.45, 2.75) is 196 Å². The lowest BCUT2D eigenvalue weighted by Gasteiger charge is -2.28. The van der Waals surface area contributed by atoms with E-state index in [0.717, 1.165) is 9.52 Å². The van der Waals surface area contributed by atoms with Gasteiger partial charge in [-0.2, -0.15) is 0 Å². The van der Waals surface area contributed by atoms with Gasteiger partial charge in [-0.3, -0.25) is 0 Å². The molecule has 0 spiro atoms. The molecule has 4 unspecified atom stereocenters. The van der Waals surface area contributed by atoms with Gasteiger partial charge in [0.25, 0.3) is 0 Å². The molecule has 0 bridgehead atoms. The molecule has 0 fully saturated rings. The molecule has 4 atom stereocenters. The standard InChI is InChI=1S/C60H82Si/c1-19-39(11)49-31-51-47(21-23-55(59(13,14)15)57(51)45-27-41(35(3)4)25-42(28-45)36(5)6)53(49)33-61-34-54-48-22-24-56(60(16,17)18)58(52(48)32-50(54)40(12)20-2)46-29-43(37(7)8)26-44(30-46)38(9)10/h21-32,35-40,53-54H,19-20,33-34H2,1-18H3. The summed E-state index contributed by atoms with van der Waals surface area (Å²) in [6.07, 6.45) is 7.69. The zero-order valence-electron chi connectivity index (χ0n) is 41.9. The predicted molar refractivity (Wildman–Crippen MR) is 273 cm³/mol. The van der Waals surface area contributed by atoms with Crippen molar-refractivity contribution in [1.82, 2.24) is 0 Å². The van der Waals surface area contributed by atoms with Crippen LogP contribution in [0.25, 0.3) is 34.4 Å². The lowest BCUT2D eigenvalue weighted by Crippen LogP contribution is -2.16. The van der Waals surface area contributed by atoms with Gasteiger partial charge in [-0.05, 0) is 137 Å². The first kappa shape index (κ1) is 47.1. The highest BCUT2D eigenvalue weighted by Crippen LogP contribution is 2.52. The van der Waals surface area contributed by atoms with Crippen molar-refractivity contribution in [2.75, 3.05) is 0 Å². The van der Waals surface area contributed by atoms with Gasteiger partial charge >= 0.3 is 0 Å². The van der Waals surface area contributed by atoms with Crippen molar-refractivity contribution in [3.8, 4) is 22.3 Å². The van der Waals surface area contributed by atoms with Crippen LogP contribution in [0.15, 0.2) is 71.8 Å². The third kappa shape index (κ3) is 9.59. The molecule has 0 N–H and O–H groups in total. The number of hydrogen-bond donors (Lipinski definition) is 0. The molecule has 4 aromatic rings. The minimum atomic E-state index is 0.0349. The van der Waals surface area contributed by atoms with Gasteiger partial charge in [-0.1, -0.05) is 221 Å². The second-order valence-corrected chi connectivity index (χ2v) is 23.9. The smallest absolute Gasteiger partial charge is 0.0397 e. The Bertz CT molecular complexity index is 2060. The summed E-state index contributed by atoms with van der Waals surface area (Å²) in [5, 5.41) is 0. The first-order valence-electron chi connectivity index (χ1n) is 24.4. The summed E-state index contributed by atoms with van der Waals surface area (Å²) in [7, 11) is 0.880. The number of fused-ring (bicyclic) bond motifs is 2. The lowest BCUT2D eigenvalue weighted by atomic mass is 9.77. The topological polar surface area (TPSA) is 0 Å². The fraction of sp³-hybridized carbons (Fsp3) is 0.533. The number of allylic oxidation sites excluding steroid dienone is 2. The Balaban J connectivity index is 1.44. The molecule has 0 saturated heterocycles. The Morgan fingerprint density at radius 1 is 0.459 bits per heavy atom. The largest absolute Gasteiger partial charge is 0.0648 e. The summed E-state index contributed by atoms with van der Waals surface area (Å²) in [6, 6.07) is 27.6. The molecule has 2 aliphatic carbocycles. The van der Waals surface area contributed by atoms with E-state index in [9.17, 15) is 0 Å². The van der Waals surface area contributed by atoms with E-state index in [0.29, 0.717) is 47.3 Å². The van der Waals surface area contributed by atoms with Crippen molar-refractivity contribution >= 4 is 21.7 Å². The van der Waals surface area contributed by atoms with Crippen LogP contribution in [0.3, 0.4) is 0 Å². The maximum Gasteiger partial charge on any atom is 0.0397 e. The van der Waals surface area contributed by atoms with Gasteiger partial charge in [0.05, 0.1) is 0 Å². The fourth-order valence-corrected chi connectivity index (χ4v) is 11.9. The van der Waals surface area contributed by atoms with E-state index in [2.05, 4.69) is 197 Å². The highest BCUT2D eigenvalue weighted by atomic mass is 28.2. The molecule has 0 saturated carbocycles. The molecule has 4 aromatic carbocycles. The lowest BCUT2D eigenvalue weighted by molar-refractivity contribution is 0.591. The SMILES string of the molecule is CCC(C)C1=Cc2c(ccc(C(C)(C)C)c2-c2cc(C(C)C)cc(C(C)C)c2)C1C[Si]CC1C(C(C)CC)=Cc2c1ccc(C(C)(C)C)c2-c1cc(C(C)C)cc(C(C)C)c1. The first-order chi connectivity index (χ1) is 28.6. The van der Waals surface area contributed by atoms with Crippen LogP contribution in [-0.4, -0.2) is 9.52 Å². The Hall–Kier alpha value is -3.42. The van der Waals surface area contributed by atoms with Crippen molar-refractivity contribution in [3.05, 3.63) is 127 Å². The molecule has 1 heteroatoms. The molecule has 0 heterocycles. The van der Waals surface area contributed by atoms with Crippen LogP contribution < -0.4 is 0 Å². The Morgan fingerprint density at radius 2 is 0.770 bits per heavy atom. The Labute approximate surface area is 377 Å². The molecular formula is C60H82Si. The van der Waals surface area contributed by atoms with E-state index >= 15 is 0 Å².